The van der Waals surface area contributed by atoms with E-state index in [-0.39, 0.29) is 0 Å². The van der Waals surface area contributed by atoms with Gasteiger partial charge in [-0.2, -0.15) is 0 Å². The Morgan fingerprint density at radius 1 is 0.880 bits per heavy atom. The Labute approximate surface area is 152 Å². The summed E-state index contributed by atoms with van der Waals surface area (Å²) < 4.78 is 0. The molecule has 5 heteroatoms. The molecule has 0 bridgehead atoms. The number of aromatic nitrogens is 2. The molecule has 3 aliphatic heterocycles. The maximum atomic E-state index is 4.60. The summed E-state index contributed by atoms with van der Waals surface area (Å²) in [6.45, 7) is 10.8. The third-order valence-corrected chi connectivity index (χ3v) is 6.30. The molecule has 138 valence electrons. The zero-order chi connectivity index (χ0) is 17.1. The minimum Gasteiger partial charge on any atom is -0.356 e. The zero-order valence-corrected chi connectivity index (χ0v) is 15.7. The second-order valence-electron chi connectivity index (χ2n) is 8.37. The summed E-state index contributed by atoms with van der Waals surface area (Å²) in [4.78, 5) is 16.7. The van der Waals surface area contributed by atoms with Crippen LogP contribution >= 0.6 is 0 Å². The van der Waals surface area contributed by atoms with Crippen molar-refractivity contribution in [3.05, 3.63) is 12.4 Å². The lowest BCUT2D eigenvalue weighted by Gasteiger charge is -2.38. The molecule has 3 saturated heterocycles. The van der Waals surface area contributed by atoms with Gasteiger partial charge in [0.25, 0.3) is 0 Å². The van der Waals surface area contributed by atoms with E-state index in [0.717, 1.165) is 49.7 Å². The molecular formula is C20H33N5. The van der Waals surface area contributed by atoms with Crippen LogP contribution in [0.1, 0.15) is 45.4 Å². The van der Waals surface area contributed by atoms with Crippen molar-refractivity contribution < 1.29 is 0 Å². The Morgan fingerprint density at radius 3 is 2.32 bits per heavy atom. The smallest absolute Gasteiger partial charge is 0.134 e. The first-order valence-electron chi connectivity index (χ1n) is 10.3. The van der Waals surface area contributed by atoms with Crippen LogP contribution in [0, 0.1) is 11.8 Å². The first-order chi connectivity index (χ1) is 12.3. The van der Waals surface area contributed by atoms with E-state index in [1.165, 1.54) is 58.2 Å². The molecular weight excluding hydrogens is 310 g/mol. The van der Waals surface area contributed by atoms with Gasteiger partial charge in [0.05, 0.1) is 0 Å². The van der Waals surface area contributed by atoms with Crippen molar-refractivity contribution in [3.63, 3.8) is 0 Å². The van der Waals surface area contributed by atoms with Gasteiger partial charge in [-0.25, -0.2) is 9.97 Å². The van der Waals surface area contributed by atoms with Gasteiger partial charge >= 0.3 is 0 Å². The molecule has 4 heterocycles. The molecule has 0 aliphatic carbocycles. The van der Waals surface area contributed by atoms with Crippen LogP contribution in [0.4, 0.5) is 11.6 Å². The molecule has 0 radical (unpaired) electrons. The van der Waals surface area contributed by atoms with E-state index < -0.39 is 0 Å². The largest absolute Gasteiger partial charge is 0.356 e. The standard InChI is InChI=1S/C20H33N5/c1-17-6-11-23(12-7-17)14-18-5-4-10-25(15-18)20-13-19(21-16-22-20)24-8-2-3-9-24/h13,16-18H,2-12,14-15H2,1H3. The van der Waals surface area contributed by atoms with Crippen molar-refractivity contribution in [3.8, 4) is 0 Å². The SMILES string of the molecule is CC1CCN(CC2CCCN(c3cc(N4CCCC4)ncn3)C2)CC1. The maximum absolute atomic E-state index is 4.60. The second-order valence-corrected chi connectivity index (χ2v) is 8.37. The molecule has 0 N–H and O–H groups in total. The summed E-state index contributed by atoms with van der Waals surface area (Å²) in [6.07, 6.45) is 9.76. The molecule has 3 fully saturated rings. The maximum Gasteiger partial charge on any atom is 0.134 e. The average molecular weight is 344 g/mol. The van der Waals surface area contributed by atoms with Gasteiger partial charge < -0.3 is 14.7 Å². The highest BCUT2D eigenvalue weighted by Gasteiger charge is 2.25. The number of hydrogen-bond donors (Lipinski definition) is 0. The Hall–Kier alpha value is -1.36. The predicted molar refractivity (Wildman–Crippen MR) is 103 cm³/mol. The normalized spacial score (nSPS) is 26.4. The Bertz CT molecular complexity index is 549. The summed E-state index contributed by atoms with van der Waals surface area (Å²) in [5.41, 5.74) is 0. The summed E-state index contributed by atoms with van der Waals surface area (Å²) in [7, 11) is 0. The molecule has 4 rings (SSSR count). The lowest BCUT2D eigenvalue weighted by molar-refractivity contribution is 0.159. The zero-order valence-electron chi connectivity index (χ0n) is 15.7. The van der Waals surface area contributed by atoms with E-state index in [0.29, 0.717) is 0 Å². The Kier molecular flexibility index (Phi) is 5.39. The molecule has 1 unspecified atom stereocenters. The summed E-state index contributed by atoms with van der Waals surface area (Å²) in [5.74, 6) is 3.96. The van der Waals surface area contributed by atoms with E-state index in [2.05, 4.69) is 37.7 Å². The molecule has 1 aromatic rings. The van der Waals surface area contributed by atoms with E-state index in [4.69, 9.17) is 0 Å². The molecule has 25 heavy (non-hydrogen) atoms. The average Bonchev–Trinajstić information content (AvgIpc) is 3.19. The van der Waals surface area contributed by atoms with Crippen LogP contribution in [0.2, 0.25) is 0 Å². The number of piperidine rings is 2. The van der Waals surface area contributed by atoms with E-state index in [9.17, 15) is 0 Å². The fourth-order valence-electron chi connectivity index (χ4n) is 4.66. The minimum atomic E-state index is 0.785. The number of rotatable bonds is 4. The molecule has 3 aliphatic rings. The lowest BCUT2D eigenvalue weighted by atomic mass is 9.94. The van der Waals surface area contributed by atoms with Crippen molar-refractivity contribution in [1.29, 1.82) is 0 Å². The van der Waals surface area contributed by atoms with Gasteiger partial charge in [0.1, 0.15) is 18.0 Å². The number of hydrogen-bond acceptors (Lipinski definition) is 5. The second kappa shape index (κ2) is 7.90. The highest BCUT2D eigenvalue weighted by Crippen LogP contribution is 2.26. The summed E-state index contributed by atoms with van der Waals surface area (Å²) in [5, 5.41) is 0. The molecule has 0 amide bonds. The van der Waals surface area contributed by atoms with E-state index in [1.54, 1.807) is 6.33 Å². The first kappa shape index (κ1) is 17.1. The lowest BCUT2D eigenvalue weighted by Crippen LogP contribution is -2.43. The summed E-state index contributed by atoms with van der Waals surface area (Å²) in [6, 6.07) is 2.22. The van der Waals surface area contributed by atoms with E-state index in [1.807, 2.05) is 0 Å². The Morgan fingerprint density at radius 2 is 1.56 bits per heavy atom. The topological polar surface area (TPSA) is 35.5 Å². The third kappa shape index (κ3) is 4.25. The number of likely N-dealkylation sites (tertiary alicyclic amines) is 1. The number of anilines is 2. The number of nitrogens with zero attached hydrogens (tertiary/aromatic N) is 5. The van der Waals surface area contributed by atoms with Gasteiger partial charge in [-0.1, -0.05) is 6.92 Å². The third-order valence-electron chi connectivity index (χ3n) is 6.30. The fourth-order valence-corrected chi connectivity index (χ4v) is 4.66. The van der Waals surface area contributed by atoms with Crippen LogP contribution in [0.25, 0.3) is 0 Å². The van der Waals surface area contributed by atoms with Gasteiger partial charge in [-0.05, 0) is 63.5 Å². The fraction of sp³-hybridized carbons (Fsp3) is 0.800. The molecule has 0 aromatic carbocycles. The van der Waals surface area contributed by atoms with Crippen LogP contribution in [-0.4, -0.2) is 60.7 Å². The Balaban J connectivity index is 1.36. The van der Waals surface area contributed by atoms with E-state index >= 15 is 0 Å². The monoisotopic (exact) mass is 343 g/mol. The molecule has 1 atom stereocenters. The highest BCUT2D eigenvalue weighted by molar-refractivity contribution is 5.50. The van der Waals surface area contributed by atoms with Gasteiger partial charge in [-0.3, -0.25) is 0 Å². The molecule has 0 spiro atoms. The van der Waals surface area contributed by atoms with Crippen molar-refractivity contribution in [2.75, 3.05) is 55.6 Å². The molecule has 5 nitrogen and oxygen atoms in total. The highest BCUT2D eigenvalue weighted by atomic mass is 15.2. The summed E-state index contributed by atoms with van der Waals surface area (Å²) >= 11 is 0. The van der Waals surface area contributed by atoms with Gasteiger partial charge in [0.2, 0.25) is 0 Å². The van der Waals surface area contributed by atoms with Gasteiger partial charge in [0, 0.05) is 38.8 Å². The minimum absolute atomic E-state index is 0.785. The van der Waals surface area contributed by atoms with Crippen molar-refractivity contribution >= 4 is 11.6 Å². The van der Waals surface area contributed by atoms with Crippen LogP contribution in [0.3, 0.4) is 0 Å². The van der Waals surface area contributed by atoms with Crippen molar-refractivity contribution in [2.24, 2.45) is 11.8 Å². The van der Waals surface area contributed by atoms with Crippen molar-refractivity contribution in [2.45, 2.75) is 45.4 Å². The van der Waals surface area contributed by atoms with Crippen molar-refractivity contribution in [1.82, 2.24) is 14.9 Å². The van der Waals surface area contributed by atoms with Gasteiger partial charge in [-0.15, -0.1) is 0 Å². The van der Waals surface area contributed by atoms with Crippen LogP contribution < -0.4 is 9.80 Å². The first-order valence-corrected chi connectivity index (χ1v) is 10.3. The predicted octanol–water partition coefficient (Wildman–Crippen LogP) is 3.03. The van der Waals surface area contributed by atoms with Crippen LogP contribution in [0.5, 0.6) is 0 Å². The quantitative estimate of drug-likeness (QED) is 0.840. The van der Waals surface area contributed by atoms with Gasteiger partial charge in [0.15, 0.2) is 0 Å². The molecule has 0 saturated carbocycles. The molecule has 1 aromatic heterocycles. The van der Waals surface area contributed by atoms with Crippen LogP contribution in [-0.2, 0) is 0 Å². The van der Waals surface area contributed by atoms with Crippen LogP contribution in [0.15, 0.2) is 12.4 Å².